The summed E-state index contributed by atoms with van der Waals surface area (Å²) in [5, 5.41) is 16.0. The zero-order chi connectivity index (χ0) is 30.8. The van der Waals surface area contributed by atoms with E-state index < -0.39 is 5.60 Å². The van der Waals surface area contributed by atoms with E-state index in [9.17, 15) is 5.11 Å². The molecule has 1 aromatic heterocycles. The number of unbranched alkanes of at least 4 members (excludes halogenated alkanes) is 10. The molecule has 0 spiro atoms. The fraction of sp³-hybridized carbons (Fsp3) is 0.771. The fourth-order valence-electron chi connectivity index (χ4n) is 5.74. The molecule has 3 unspecified atom stereocenters. The number of aromatic nitrogens is 3. The van der Waals surface area contributed by atoms with Crippen molar-refractivity contribution in [1.29, 1.82) is 0 Å². The molecule has 1 aliphatic rings. The number of ether oxygens (including phenoxy) is 1. The third-order valence-corrected chi connectivity index (χ3v) is 8.85. The Hall–Kier alpha value is -1.47. The van der Waals surface area contributed by atoms with Gasteiger partial charge < -0.3 is 9.84 Å². The van der Waals surface area contributed by atoms with E-state index in [0.717, 1.165) is 24.5 Å². The summed E-state index contributed by atoms with van der Waals surface area (Å²) >= 11 is 5.90. The topological polar surface area (TPSA) is 63.4 Å². The maximum absolute atomic E-state index is 11.1. The minimum absolute atomic E-state index is 0.259. The number of aryl methyl sites for hydroxylation is 1. The van der Waals surface area contributed by atoms with Crippen molar-refractivity contribution in [3.8, 4) is 0 Å². The number of hydrogen-bond donors (Lipinski definition) is 1. The van der Waals surface area contributed by atoms with Gasteiger partial charge in [-0.05, 0) is 62.8 Å². The van der Waals surface area contributed by atoms with Crippen molar-refractivity contribution >= 4 is 11.6 Å². The van der Waals surface area contributed by atoms with E-state index in [-0.39, 0.29) is 5.41 Å². The molecule has 7 heteroatoms. The zero-order valence-electron chi connectivity index (χ0n) is 27.7. The SMILES string of the molecule is CC(C)(C)C(O)(CCc1ccc(Cl)cc1)Cn1cncn1.CCCCCCCCCCCCCN1CC(C)OC(C)C1. The Kier molecular flexibility index (Phi) is 17.3. The summed E-state index contributed by atoms with van der Waals surface area (Å²) in [6, 6.07) is 7.76. The first-order valence-corrected chi connectivity index (χ1v) is 17.1. The van der Waals surface area contributed by atoms with Crippen molar-refractivity contribution in [1.82, 2.24) is 19.7 Å². The molecule has 3 atom stereocenters. The molecule has 0 saturated carbocycles. The van der Waals surface area contributed by atoms with Crippen LogP contribution in [0.1, 0.15) is 124 Å². The number of benzene rings is 1. The molecule has 1 N–H and O–H groups in total. The molecule has 1 aromatic carbocycles. The number of nitrogens with zero attached hydrogens (tertiary/aromatic N) is 4. The Morgan fingerprint density at radius 1 is 0.881 bits per heavy atom. The molecule has 0 aliphatic carbocycles. The number of hydrogen-bond acceptors (Lipinski definition) is 5. The highest BCUT2D eigenvalue weighted by Crippen LogP contribution is 2.35. The average molecular weight is 605 g/mol. The van der Waals surface area contributed by atoms with Crippen LogP contribution in [0.4, 0.5) is 0 Å². The third-order valence-electron chi connectivity index (χ3n) is 8.60. The van der Waals surface area contributed by atoms with Gasteiger partial charge in [0.05, 0.1) is 24.4 Å². The first-order valence-electron chi connectivity index (χ1n) is 16.7. The Bertz CT molecular complexity index is 921. The lowest BCUT2D eigenvalue weighted by Crippen LogP contribution is -2.47. The van der Waals surface area contributed by atoms with Gasteiger partial charge >= 0.3 is 0 Å². The molecule has 1 aliphatic heterocycles. The largest absolute Gasteiger partial charge is 0.387 e. The highest BCUT2D eigenvalue weighted by atomic mass is 35.5. The van der Waals surface area contributed by atoms with Gasteiger partial charge in [-0.1, -0.05) is 116 Å². The summed E-state index contributed by atoms with van der Waals surface area (Å²) in [5.74, 6) is 0. The van der Waals surface area contributed by atoms with Crippen LogP contribution >= 0.6 is 11.6 Å². The van der Waals surface area contributed by atoms with E-state index in [4.69, 9.17) is 16.3 Å². The second-order valence-electron chi connectivity index (χ2n) is 13.6. The molecule has 0 amide bonds. The van der Waals surface area contributed by atoms with Crippen molar-refractivity contribution in [3.05, 3.63) is 47.5 Å². The van der Waals surface area contributed by atoms with Gasteiger partial charge in [-0.25, -0.2) is 4.98 Å². The molecule has 3 rings (SSSR count). The van der Waals surface area contributed by atoms with Crippen molar-refractivity contribution in [2.45, 2.75) is 149 Å². The van der Waals surface area contributed by atoms with Gasteiger partial charge in [-0.15, -0.1) is 0 Å². The van der Waals surface area contributed by atoms with Gasteiger partial charge in [0, 0.05) is 18.1 Å². The summed E-state index contributed by atoms with van der Waals surface area (Å²) in [6.45, 7) is 16.8. The van der Waals surface area contributed by atoms with Crippen molar-refractivity contribution in [2.24, 2.45) is 5.41 Å². The summed E-state index contributed by atoms with van der Waals surface area (Å²) in [6.07, 6.45) is 21.2. The predicted octanol–water partition coefficient (Wildman–Crippen LogP) is 8.75. The number of rotatable bonds is 17. The summed E-state index contributed by atoms with van der Waals surface area (Å²) in [7, 11) is 0. The quantitative estimate of drug-likeness (QED) is 0.183. The minimum Gasteiger partial charge on any atom is -0.387 e. The lowest BCUT2D eigenvalue weighted by atomic mass is 9.73. The van der Waals surface area contributed by atoms with Gasteiger partial charge in [-0.2, -0.15) is 5.10 Å². The Labute approximate surface area is 262 Å². The Morgan fingerprint density at radius 2 is 1.43 bits per heavy atom. The van der Waals surface area contributed by atoms with Crippen LogP contribution in [-0.2, 0) is 17.7 Å². The molecular formula is C35H61ClN4O2. The minimum atomic E-state index is -0.861. The summed E-state index contributed by atoms with van der Waals surface area (Å²) in [4.78, 5) is 6.53. The third kappa shape index (κ3) is 14.8. The first-order chi connectivity index (χ1) is 20.0. The van der Waals surface area contributed by atoms with Crippen LogP contribution in [0.5, 0.6) is 0 Å². The normalized spacial score (nSPS) is 19.2. The van der Waals surface area contributed by atoms with Gasteiger partial charge in [0.1, 0.15) is 12.7 Å². The van der Waals surface area contributed by atoms with Crippen LogP contribution in [-0.4, -0.2) is 62.2 Å². The van der Waals surface area contributed by atoms with E-state index in [1.807, 2.05) is 45.0 Å². The Balaban J connectivity index is 0.000000293. The summed E-state index contributed by atoms with van der Waals surface area (Å²) in [5.41, 5.74) is 0.0479. The van der Waals surface area contributed by atoms with E-state index in [0.29, 0.717) is 25.2 Å². The monoisotopic (exact) mass is 604 g/mol. The van der Waals surface area contributed by atoms with E-state index in [2.05, 4.69) is 35.8 Å². The molecule has 1 saturated heterocycles. The van der Waals surface area contributed by atoms with Crippen LogP contribution in [0.3, 0.4) is 0 Å². The summed E-state index contributed by atoms with van der Waals surface area (Å²) < 4.78 is 7.47. The number of halogens is 1. The van der Waals surface area contributed by atoms with Crippen LogP contribution in [0.15, 0.2) is 36.9 Å². The van der Waals surface area contributed by atoms with Gasteiger partial charge in [0.2, 0.25) is 0 Å². The van der Waals surface area contributed by atoms with Crippen molar-refractivity contribution < 1.29 is 9.84 Å². The molecule has 240 valence electrons. The second kappa shape index (κ2) is 19.7. The zero-order valence-corrected chi connectivity index (χ0v) is 28.4. The lowest BCUT2D eigenvalue weighted by molar-refractivity contribution is -0.0796. The molecule has 0 bridgehead atoms. The number of aliphatic hydroxyl groups is 1. The maximum atomic E-state index is 11.1. The standard InChI is InChI=1S/C19H39NO.C16H22ClN3O/c1-4-5-6-7-8-9-10-11-12-13-14-15-20-16-18(2)21-19(3)17-20;1-15(2,3)16(21,10-20-12-18-11-19-20)9-8-13-4-6-14(17)7-5-13/h18-19H,4-17H2,1-3H3;4-7,11-12,21H,8-10H2,1-3H3. The van der Waals surface area contributed by atoms with E-state index in [1.54, 1.807) is 11.0 Å². The predicted molar refractivity (Wildman–Crippen MR) is 177 cm³/mol. The molecule has 2 heterocycles. The molecule has 2 aromatic rings. The van der Waals surface area contributed by atoms with Crippen LogP contribution in [0.25, 0.3) is 0 Å². The average Bonchev–Trinajstić information content (AvgIpc) is 3.43. The Morgan fingerprint density at radius 3 is 1.93 bits per heavy atom. The molecule has 42 heavy (non-hydrogen) atoms. The lowest BCUT2D eigenvalue weighted by Gasteiger charge is -2.40. The van der Waals surface area contributed by atoms with Crippen molar-refractivity contribution in [2.75, 3.05) is 19.6 Å². The van der Waals surface area contributed by atoms with E-state index >= 15 is 0 Å². The first kappa shape index (κ1) is 36.7. The highest BCUT2D eigenvalue weighted by Gasteiger charge is 2.40. The maximum Gasteiger partial charge on any atom is 0.137 e. The fourth-order valence-corrected chi connectivity index (χ4v) is 5.87. The molecule has 0 radical (unpaired) electrons. The van der Waals surface area contributed by atoms with Crippen molar-refractivity contribution in [3.63, 3.8) is 0 Å². The molecule has 6 nitrogen and oxygen atoms in total. The molecular weight excluding hydrogens is 544 g/mol. The highest BCUT2D eigenvalue weighted by molar-refractivity contribution is 6.30. The second-order valence-corrected chi connectivity index (χ2v) is 14.0. The van der Waals surface area contributed by atoms with E-state index in [1.165, 1.54) is 89.1 Å². The van der Waals surface area contributed by atoms with Gasteiger partial charge in [-0.3, -0.25) is 9.58 Å². The van der Waals surface area contributed by atoms with Crippen LogP contribution in [0.2, 0.25) is 5.02 Å². The number of morpholine rings is 1. The van der Waals surface area contributed by atoms with Gasteiger partial charge in [0.15, 0.2) is 0 Å². The van der Waals surface area contributed by atoms with Crippen LogP contribution < -0.4 is 0 Å². The van der Waals surface area contributed by atoms with Gasteiger partial charge in [0.25, 0.3) is 0 Å². The smallest absolute Gasteiger partial charge is 0.137 e. The molecule has 1 fully saturated rings. The van der Waals surface area contributed by atoms with Crippen LogP contribution in [0, 0.1) is 5.41 Å².